The Bertz CT molecular complexity index is 721. The topological polar surface area (TPSA) is 55.8 Å². The number of fused-ring (bicyclic) bond motifs is 1. The fourth-order valence-corrected chi connectivity index (χ4v) is 3.05. The van der Waals surface area contributed by atoms with E-state index in [0.29, 0.717) is 23.5 Å². The summed E-state index contributed by atoms with van der Waals surface area (Å²) in [7, 11) is 3.21. The molecular weight excluding hydrogens is 280 g/mol. The van der Waals surface area contributed by atoms with Gasteiger partial charge in [-0.25, -0.2) is 0 Å². The second-order valence-corrected chi connectivity index (χ2v) is 5.40. The number of ether oxygens (including phenoxy) is 2. The Morgan fingerprint density at radius 1 is 1.09 bits per heavy atom. The van der Waals surface area contributed by atoms with Crippen LogP contribution in [0.4, 0.5) is 0 Å². The molecule has 0 radical (unpaired) electrons. The quantitative estimate of drug-likeness (QED) is 0.944. The predicted molar refractivity (Wildman–Crippen MR) is 83.0 cm³/mol. The molecule has 1 unspecified atom stereocenters. The van der Waals surface area contributed by atoms with Gasteiger partial charge >= 0.3 is 0 Å². The van der Waals surface area contributed by atoms with Gasteiger partial charge in [-0.2, -0.15) is 0 Å². The molecule has 0 spiro atoms. The fourth-order valence-electron chi connectivity index (χ4n) is 3.05. The molecule has 1 aliphatic carbocycles. The van der Waals surface area contributed by atoms with E-state index >= 15 is 0 Å². The molecule has 0 amide bonds. The van der Waals surface area contributed by atoms with E-state index in [0.717, 1.165) is 17.5 Å². The van der Waals surface area contributed by atoms with E-state index in [2.05, 4.69) is 0 Å². The number of phenolic OH excluding ortho intramolecular Hbond substituents is 1. The number of hydrogen-bond acceptors (Lipinski definition) is 4. The van der Waals surface area contributed by atoms with E-state index in [1.54, 1.807) is 32.4 Å². The third-order valence-electron chi connectivity index (χ3n) is 4.19. The maximum atomic E-state index is 12.8. The summed E-state index contributed by atoms with van der Waals surface area (Å²) in [4.78, 5) is 12.8. The molecule has 2 aromatic rings. The lowest BCUT2D eigenvalue weighted by Gasteiger charge is -2.25. The number of ketones is 1. The van der Waals surface area contributed by atoms with Crippen LogP contribution in [0.15, 0.2) is 36.4 Å². The maximum Gasteiger partial charge on any atom is 0.170 e. The molecule has 2 aromatic carbocycles. The molecule has 1 aliphatic rings. The molecule has 22 heavy (non-hydrogen) atoms. The molecule has 0 aromatic heterocycles. The summed E-state index contributed by atoms with van der Waals surface area (Å²) in [5.41, 5.74) is 2.44. The molecule has 4 heteroatoms. The Hall–Kier alpha value is -2.49. The van der Waals surface area contributed by atoms with Crippen molar-refractivity contribution in [2.45, 2.75) is 18.8 Å². The Labute approximate surface area is 129 Å². The van der Waals surface area contributed by atoms with Crippen LogP contribution >= 0.6 is 0 Å². The molecule has 0 bridgehead atoms. The molecular formula is C18H18O4. The number of phenols is 1. The van der Waals surface area contributed by atoms with Gasteiger partial charge in [0.2, 0.25) is 0 Å². The molecule has 0 saturated heterocycles. The summed E-state index contributed by atoms with van der Waals surface area (Å²) in [5, 5.41) is 9.56. The van der Waals surface area contributed by atoms with E-state index in [1.165, 1.54) is 0 Å². The van der Waals surface area contributed by atoms with Crippen molar-refractivity contribution in [3.05, 3.63) is 53.1 Å². The lowest BCUT2D eigenvalue weighted by atomic mass is 9.78. The monoisotopic (exact) mass is 298 g/mol. The first-order valence-electron chi connectivity index (χ1n) is 7.22. The normalized spacial score (nSPS) is 17.0. The fraction of sp³-hybridized carbons (Fsp3) is 0.278. The third-order valence-corrected chi connectivity index (χ3v) is 4.19. The van der Waals surface area contributed by atoms with E-state index in [4.69, 9.17) is 9.47 Å². The van der Waals surface area contributed by atoms with Crippen molar-refractivity contribution < 1.29 is 19.4 Å². The molecule has 0 aliphatic heterocycles. The lowest BCUT2D eigenvalue weighted by Crippen LogP contribution is -2.21. The second-order valence-electron chi connectivity index (χ2n) is 5.40. The van der Waals surface area contributed by atoms with Gasteiger partial charge in [-0.3, -0.25) is 4.79 Å². The molecule has 114 valence electrons. The van der Waals surface area contributed by atoms with Crippen LogP contribution in [-0.2, 0) is 6.42 Å². The zero-order valence-corrected chi connectivity index (χ0v) is 12.6. The Morgan fingerprint density at radius 3 is 2.64 bits per heavy atom. The van der Waals surface area contributed by atoms with Crippen molar-refractivity contribution in [3.8, 4) is 17.2 Å². The first-order valence-corrected chi connectivity index (χ1v) is 7.22. The van der Waals surface area contributed by atoms with Crippen molar-refractivity contribution in [3.63, 3.8) is 0 Å². The summed E-state index contributed by atoms with van der Waals surface area (Å²) >= 11 is 0. The van der Waals surface area contributed by atoms with Crippen LogP contribution in [0.5, 0.6) is 17.2 Å². The Kier molecular flexibility index (Phi) is 3.75. The zero-order valence-electron chi connectivity index (χ0n) is 12.6. The minimum Gasteiger partial charge on any atom is -0.508 e. The number of Topliss-reactive ketones (excluding diaryl/α,β-unsaturated/α-hetero) is 1. The lowest BCUT2D eigenvalue weighted by molar-refractivity contribution is 0.0944. The number of carbonyl (C=O) groups excluding carboxylic acids is 1. The highest BCUT2D eigenvalue weighted by atomic mass is 16.5. The predicted octanol–water partition coefficient (Wildman–Crippen LogP) is 3.32. The van der Waals surface area contributed by atoms with Gasteiger partial charge in [0.15, 0.2) is 5.78 Å². The van der Waals surface area contributed by atoms with Gasteiger partial charge in [0.05, 0.1) is 20.1 Å². The molecule has 3 rings (SSSR count). The maximum absolute atomic E-state index is 12.8. The van der Waals surface area contributed by atoms with Crippen molar-refractivity contribution in [2.75, 3.05) is 14.2 Å². The molecule has 0 fully saturated rings. The number of rotatable bonds is 3. The summed E-state index contributed by atoms with van der Waals surface area (Å²) < 4.78 is 10.7. The number of carbonyl (C=O) groups is 1. The number of hydrogen-bond donors (Lipinski definition) is 1. The third kappa shape index (κ3) is 2.41. The smallest absolute Gasteiger partial charge is 0.170 e. The van der Waals surface area contributed by atoms with Crippen LogP contribution in [-0.4, -0.2) is 25.1 Å². The number of aryl methyl sites for hydroxylation is 1. The average molecular weight is 298 g/mol. The average Bonchev–Trinajstić information content (AvgIpc) is 2.54. The SMILES string of the molecule is COc1ccc(OC)c(C2CCc3cc(O)ccc3C2=O)c1. The van der Waals surface area contributed by atoms with E-state index < -0.39 is 0 Å². The van der Waals surface area contributed by atoms with Gasteiger partial charge in [0.25, 0.3) is 0 Å². The largest absolute Gasteiger partial charge is 0.508 e. The van der Waals surface area contributed by atoms with Crippen LogP contribution in [0.25, 0.3) is 0 Å². The van der Waals surface area contributed by atoms with Crippen molar-refractivity contribution >= 4 is 5.78 Å². The Morgan fingerprint density at radius 2 is 1.91 bits per heavy atom. The van der Waals surface area contributed by atoms with E-state index in [-0.39, 0.29) is 17.5 Å². The minimum atomic E-state index is -0.248. The van der Waals surface area contributed by atoms with Gasteiger partial charge < -0.3 is 14.6 Å². The highest BCUT2D eigenvalue weighted by Crippen LogP contribution is 2.39. The van der Waals surface area contributed by atoms with Gasteiger partial charge in [-0.05, 0) is 54.8 Å². The first kappa shape index (κ1) is 14.4. The van der Waals surface area contributed by atoms with Crippen molar-refractivity contribution in [1.82, 2.24) is 0 Å². The number of methoxy groups -OCH3 is 2. The summed E-state index contributed by atoms with van der Waals surface area (Å²) in [6.45, 7) is 0. The van der Waals surface area contributed by atoms with Crippen LogP contribution in [0, 0.1) is 0 Å². The standard InChI is InChI=1S/C18H18O4/c1-21-13-5-8-17(22-2)16(10-13)15-6-3-11-9-12(19)4-7-14(11)18(15)20/h4-5,7-10,15,19H,3,6H2,1-2H3. The van der Waals surface area contributed by atoms with Gasteiger partial charge in [0.1, 0.15) is 17.2 Å². The van der Waals surface area contributed by atoms with Gasteiger partial charge in [-0.1, -0.05) is 0 Å². The summed E-state index contributed by atoms with van der Waals surface area (Å²) in [6.07, 6.45) is 1.44. The molecule has 1 N–H and O–H groups in total. The highest BCUT2D eigenvalue weighted by molar-refractivity contribution is 6.03. The zero-order chi connectivity index (χ0) is 15.7. The summed E-state index contributed by atoms with van der Waals surface area (Å²) in [6, 6.07) is 10.4. The summed E-state index contributed by atoms with van der Waals surface area (Å²) in [5.74, 6) is 1.42. The number of benzene rings is 2. The van der Waals surface area contributed by atoms with Crippen LogP contribution in [0.1, 0.15) is 33.8 Å². The van der Waals surface area contributed by atoms with Gasteiger partial charge in [0, 0.05) is 11.1 Å². The molecule has 0 heterocycles. The van der Waals surface area contributed by atoms with Crippen molar-refractivity contribution in [1.29, 1.82) is 0 Å². The molecule has 0 saturated carbocycles. The van der Waals surface area contributed by atoms with Crippen LogP contribution in [0.3, 0.4) is 0 Å². The minimum absolute atomic E-state index is 0.0628. The first-order chi connectivity index (χ1) is 10.6. The second kappa shape index (κ2) is 5.72. The molecule has 1 atom stereocenters. The van der Waals surface area contributed by atoms with Crippen molar-refractivity contribution in [2.24, 2.45) is 0 Å². The van der Waals surface area contributed by atoms with E-state index in [1.807, 2.05) is 18.2 Å². The number of aromatic hydroxyl groups is 1. The van der Waals surface area contributed by atoms with Crippen LogP contribution in [0.2, 0.25) is 0 Å². The Balaban J connectivity index is 2.03. The van der Waals surface area contributed by atoms with Gasteiger partial charge in [-0.15, -0.1) is 0 Å². The highest BCUT2D eigenvalue weighted by Gasteiger charge is 2.31. The van der Waals surface area contributed by atoms with E-state index in [9.17, 15) is 9.90 Å². The molecule has 4 nitrogen and oxygen atoms in total. The van der Waals surface area contributed by atoms with Crippen LogP contribution < -0.4 is 9.47 Å².